The zero-order valence-electron chi connectivity index (χ0n) is 14.4. The molecule has 0 bridgehead atoms. The predicted molar refractivity (Wildman–Crippen MR) is 90.8 cm³/mol. The summed E-state index contributed by atoms with van der Waals surface area (Å²) in [7, 11) is 0. The maximum atomic E-state index is 12.4. The third-order valence-corrected chi connectivity index (χ3v) is 4.64. The molecule has 4 heteroatoms. The Kier molecular flexibility index (Phi) is 5.82. The molecule has 1 fully saturated rings. The molecule has 2 rings (SSSR count). The van der Waals surface area contributed by atoms with E-state index in [9.17, 15) is 9.90 Å². The Bertz CT molecular complexity index is 509. The monoisotopic (exact) mass is 319 g/mol. The number of aliphatic hydroxyl groups excluding tert-OH is 1. The van der Waals surface area contributed by atoms with Gasteiger partial charge in [0.05, 0.1) is 12.0 Å². The summed E-state index contributed by atoms with van der Waals surface area (Å²) < 4.78 is 5.53. The van der Waals surface area contributed by atoms with Crippen LogP contribution in [0.4, 0.5) is 0 Å². The van der Waals surface area contributed by atoms with E-state index in [1.807, 2.05) is 39.0 Å². The van der Waals surface area contributed by atoms with Gasteiger partial charge in [-0.3, -0.25) is 4.79 Å². The SMILES string of the molecule is CC(C)(C)OC(=O)C1CCC1[C@@H](Cc1ccccc1)[C@H](O)CN. The minimum absolute atomic E-state index is 0.00586. The number of esters is 1. The van der Waals surface area contributed by atoms with Crippen LogP contribution in [0.1, 0.15) is 39.2 Å². The summed E-state index contributed by atoms with van der Waals surface area (Å²) in [5.41, 5.74) is 6.39. The van der Waals surface area contributed by atoms with Crippen molar-refractivity contribution in [1.82, 2.24) is 0 Å². The topological polar surface area (TPSA) is 72.5 Å². The molecule has 0 aromatic heterocycles. The summed E-state index contributed by atoms with van der Waals surface area (Å²) >= 11 is 0. The van der Waals surface area contributed by atoms with Crippen LogP contribution in [-0.2, 0) is 16.0 Å². The predicted octanol–water partition coefficient (Wildman–Crippen LogP) is 2.53. The smallest absolute Gasteiger partial charge is 0.309 e. The highest BCUT2D eigenvalue weighted by Gasteiger charge is 2.45. The Morgan fingerprint density at radius 2 is 1.96 bits per heavy atom. The quantitative estimate of drug-likeness (QED) is 0.790. The van der Waals surface area contributed by atoms with Crippen LogP contribution < -0.4 is 5.73 Å². The van der Waals surface area contributed by atoms with Gasteiger partial charge in [-0.15, -0.1) is 0 Å². The van der Waals surface area contributed by atoms with Crippen molar-refractivity contribution in [3.05, 3.63) is 35.9 Å². The van der Waals surface area contributed by atoms with E-state index in [2.05, 4.69) is 12.1 Å². The van der Waals surface area contributed by atoms with Crippen molar-refractivity contribution in [1.29, 1.82) is 0 Å². The van der Waals surface area contributed by atoms with Crippen LogP contribution in [0, 0.1) is 17.8 Å². The highest BCUT2D eigenvalue weighted by Crippen LogP contribution is 2.43. The van der Waals surface area contributed by atoms with Gasteiger partial charge in [-0.25, -0.2) is 0 Å². The van der Waals surface area contributed by atoms with E-state index < -0.39 is 11.7 Å². The van der Waals surface area contributed by atoms with Crippen molar-refractivity contribution in [3.8, 4) is 0 Å². The number of ether oxygens (including phenoxy) is 1. The summed E-state index contributed by atoms with van der Waals surface area (Å²) in [4.78, 5) is 12.4. The molecule has 1 aliphatic rings. The summed E-state index contributed by atoms with van der Waals surface area (Å²) in [6.07, 6.45) is 1.93. The molecule has 0 aliphatic heterocycles. The summed E-state index contributed by atoms with van der Waals surface area (Å²) in [6.45, 7) is 5.87. The summed E-state index contributed by atoms with van der Waals surface area (Å²) in [5, 5.41) is 10.4. The normalized spacial score (nSPS) is 23.7. The Hall–Kier alpha value is -1.39. The molecule has 128 valence electrons. The Morgan fingerprint density at radius 3 is 2.43 bits per heavy atom. The summed E-state index contributed by atoms with van der Waals surface area (Å²) in [6, 6.07) is 10.1. The molecule has 23 heavy (non-hydrogen) atoms. The maximum Gasteiger partial charge on any atom is 0.309 e. The molecule has 1 aliphatic carbocycles. The van der Waals surface area contributed by atoms with Gasteiger partial charge in [0.25, 0.3) is 0 Å². The van der Waals surface area contributed by atoms with Crippen molar-refractivity contribution < 1.29 is 14.6 Å². The molecule has 0 heterocycles. The van der Waals surface area contributed by atoms with Crippen LogP contribution in [0.2, 0.25) is 0 Å². The van der Waals surface area contributed by atoms with Crippen LogP contribution in [-0.4, -0.2) is 29.3 Å². The minimum Gasteiger partial charge on any atom is -0.460 e. The van der Waals surface area contributed by atoms with Crippen molar-refractivity contribution >= 4 is 5.97 Å². The zero-order valence-corrected chi connectivity index (χ0v) is 14.4. The molecule has 1 aromatic rings. The van der Waals surface area contributed by atoms with Crippen molar-refractivity contribution in [2.75, 3.05) is 6.54 Å². The lowest BCUT2D eigenvalue weighted by Gasteiger charge is -2.43. The molecule has 4 nitrogen and oxygen atoms in total. The second-order valence-electron chi connectivity index (χ2n) is 7.54. The fourth-order valence-electron chi connectivity index (χ4n) is 3.34. The average Bonchev–Trinajstić information content (AvgIpc) is 2.43. The van der Waals surface area contributed by atoms with Gasteiger partial charge in [0.1, 0.15) is 5.60 Å². The first-order valence-electron chi connectivity index (χ1n) is 8.46. The van der Waals surface area contributed by atoms with Crippen LogP contribution >= 0.6 is 0 Å². The lowest BCUT2D eigenvalue weighted by Crippen LogP contribution is -2.46. The van der Waals surface area contributed by atoms with E-state index in [4.69, 9.17) is 10.5 Å². The molecule has 0 amide bonds. The van der Waals surface area contributed by atoms with Gasteiger partial charge in [0, 0.05) is 6.54 Å². The fourth-order valence-corrected chi connectivity index (χ4v) is 3.34. The first kappa shape index (κ1) is 18.0. The molecule has 0 saturated heterocycles. The molecule has 3 N–H and O–H groups in total. The first-order valence-corrected chi connectivity index (χ1v) is 8.46. The van der Waals surface area contributed by atoms with E-state index in [1.54, 1.807) is 0 Å². The highest BCUT2D eigenvalue weighted by molar-refractivity contribution is 5.74. The Labute approximate surface area is 139 Å². The van der Waals surface area contributed by atoms with Crippen molar-refractivity contribution in [2.24, 2.45) is 23.5 Å². The number of rotatable bonds is 6. The van der Waals surface area contributed by atoms with E-state index in [0.29, 0.717) is 0 Å². The van der Waals surface area contributed by atoms with E-state index in [0.717, 1.165) is 19.3 Å². The third-order valence-electron chi connectivity index (χ3n) is 4.64. The fraction of sp³-hybridized carbons (Fsp3) is 0.632. The van der Waals surface area contributed by atoms with Gasteiger partial charge in [0.15, 0.2) is 0 Å². The molecular formula is C19H29NO3. The Morgan fingerprint density at radius 1 is 1.30 bits per heavy atom. The highest BCUT2D eigenvalue weighted by atomic mass is 16.6. The van der Waals surface area contributed by atoms with Crippen molar-refractivity contribution in [3.63, 3.8) is 0 Å². The molecule has 1 saturated carbocycles. The van der Waals surface area contributed by atoms with Gasteiger partial charge in [-0.2, -0.15) is 0 Å². The molecular weight excluding hydrogens is 290 g/mol. The number of hydrogen-bond acceptors (Lipinski definition) is 4. The van der Waals surface area contributed by atoms with E-state index >= 15 is 0 Å². The van der Waals surface area contributed by atoms with Crippen LogP contribution in [0.3, 0.4) is 0 Å². The second kappa shape index (κ2) is 7.45. The molecule has 0 spiro atoms. The second-order valence-corrected chi connectivity index (χ2v) is 7.54. The third kappa shape index (κ3) is 4.79. The van der Waals surface area contributed by atoms with Gasteiger partial charge in [0.2, 0.25) is 0 Å². The van der Waals surface area contributed by atoms with Crippen LogP contribution in [0.15, 0.2) is 30.3 Å². The van der Waals surface area contributed by atoms with E-state index in [-0.39, 0.29) is 30.3 Å². The Balaban J connectivity index is 2.08. The molecule has 0 radical (unpaired) electrons. The molecule has 1 aromatic carbocycles. The minimum atomic E-state index is -0.592. The van der Waals surface area contributed by atoms with Gasteiger partial charge in [-0.05, 0) is 57.4 Å². The number of nitrogens with two attached hydrogens (primary N) is 1. The standard InChI is InChI=1S/C19H29NO3/c1-19(2,3)23-18(22)15-10-9-14(15)16(17(21)12-20)11-13-7-5-4-6-8-13/h4-8,14-17,21H,9-12,20H2,1-3H3/t14?,15?,16-,17-/m1/s1. The lowest BCUT2D eigenvalue weighted by atomic mass is 9.64. The van der Waals surface area contributed by atoms with Gasteiger partial charge < -0.3 is 15.6 Å². The van der Waals surface area contributed by atoms with Crippen LogP contribution in [0.25, 0.3) is 0 Å². The number of carbonyl (C=O) groups is 1. The number of benzene rings is 1. The van der Waals surface area contributed by atoms with Gasteiger partial charge in [-0.1, -0.05) is 30.3 Å². The molecule has 2 unspecified atom stereocenters. The maximum absolute atomic E-state index is 12.4. The van der Waals surface area contributed by atoms with Gasteiger partial charge >= 0.3 is 5.97 Å². The van der Waals surface area contributed by atoms with Crippen LogP contribution in [0.5, 0.6) is 0 Å². The largest absolute Gasteiger partial charge is 0.460 e. The average molecular weight is 319 g/mol. The number of aliphatic hydroxyl groups is 1. The number of hydrogen-bond donors (Lipinski definition) is 2. The van der Waals surface area contributed by atoms with E-state index in [1.165, 1.54) is 5.56 Å². The first-order chi connectivity index (χ1) is 10.8. The van der Waals surface area contributed by atoms with Crippen molar-refractivity contribution in [2.45, 2.75) is 51.7 Å². The lowest BCUT2D eigenvalue weighted by molar-refractivity contribution is -0.169. The summed E-state index contributed by atoms with van der Waals surface area (Å²) in [5.74, 6) is -0.127. The molecule has 4 atom stereocenters. The number of carbonyl (C=O) groups excluding carboxylic acids is 1. The zero-order chi connectivity index (χ0) is 17.0.